The van der Waals surface area contributed by atoms with Crippen LogP contribution in [0.15, 0.2) is 42.2 Å². The van der Waals surface area contributed by atoms with Crippen LogP contribution in [0.1, 0.15) is 12.8 Å². The van der Waals surface area contributed by atoms with Crippen LogP contribution in [-0.4, -0.2) is 53.5 Å². The molecule has 29 heavy (non-hydrogen) atoms. The van der Waals surface area contributed by atoms with E-state index < -0.39 is 0 Å². The fourth-order valence-electron chi connectivity index (χ4n) is 3.55. The number of esters is 1. The SMILES string of the molecule is COC(=O)CN1CCC(C(=O)Nc2cc3cc(-c4cncs4)ccc3cn2)CC1. The van der Waals surface area contributed by atoms with Crippen LogP contribution in [0.25, 0.3) is 21.2 Å². The van der Waals surface area contributed by atoms with Crippen LogP contribution in [0.2, 0.25) is 0 Å². The number of hydrogen-bond acceptors (Lipinski definition) is 7. The maximum absolute atomic E-state index is 12.7. The zero-order valence-corrected chi connectivity index (χ0v) is 16.9. The lowest BCUT2D eigenvalue weighted by molar-refractivity contribution is -0.142. The van der Waals surface area contributed by atoms with Crippen LogP contribution in [-0.2, 0) is 14.3 Å². The average Bonchev–Trinajstić information content (AvgIpc) is 3.28. The van der Waals surface area contributed by atoms with Gasteiger partial charge >= 0.3 is 5.97 Å². The Hall–Kier alpha value is -2.84. The van der Waals surface area contributed by atoms with E-state index in [9.17, 15) is 9.59 Å². The highest BCUT2D eigenvalue weighted by Gasteiger charge is 2.26. The molecular weight excluding hydrogens is 388 g/mol. The molecule has 8 heteroatoms. The number of piperidine rings is 1. The van der Waals surface area contributed by atoms with Crippen molar-refractivity contribution in [2.75, 3.05) is 32.1 Å². The fourth-order valence-corrected chi connectivity index (χ4v) is 4.17. The van der Waals surface area contributed by atoms with E-state index in [0.29, 0.717) is 31.7 Å². The van der Waals surface area contributed by atoms with Crippen LogP contribution in [0.5, 0.6) is 0 Å². The first-order valence-electron chi connectivity index (χ1n) is 9.51. The van der Waals surface area contributed by atoms with Gasteiger partial charge in [0.05, 0.1) is 24.0 Å². The Labute approximate surface area is 172 Å². The van der Waals surface area contributed by atoms with Gasteiger partial charge in [0, 0.05) is 23.7 Å². The molecule has 1 saturated heterocycles. The first-order chi connectivity index (χ1) is 14.1. The predicted octanol–water partition coefficient (Wildman–Crippen LogP) is 3.18. The number of carbonyl (C=O) groups is 2. The standard InChI is InChI=1S/C21H22N4O3S/c1-28-20(26)12-25-6-4-14(5-7-25)21(27)24-19-9-17-8-15(18-11-22-13-29-18)2-3-16(17)10-23-19/h2-3,8-11,13-14H,4-7,12H2,1H3,(H,23,24,27). The van der Waals surface area contributed by atoms with Gasteiger partial charge in [-0.3, -0.25) is 19.5 Å². The maximum atomic E-state index is 12.7. The van der Waals surface area contributed by atoms with Crippen molar-refractivity contribution in [1.82, 2.24) is 14.9 Å². The molecule has 1 aromatic carbocycles. The van der Waals surface area contributed by atoms with Gasteiger partial charge in [-0.05, 0) is 49.0 Å². The van der Waals surface area contributed by atoms with E-state index in [4.69, 9.17) is 4.74 Å². The van der Waals surface area contributed by atoms with Gasteiger partial charge < -0.3 is 10.1 Å². The summed E-state index contributed by atoms with van der Waals surface area (Å²) < 4.78 is 4.70. The van der Waals surface area contributed by atoms with Gasteiger partial charge in [-0.2, -0.15) is 0 Å². The molecule has 0 saturated carbocycles. The second kappa shape index (κ2) is 8.67. The monoisotopic (exact) mass is 410 g/mol. The highest BCUT2D eigenvalue weighted by Crippen LogP contribution is 2.28. The lowest BCUT2D eigenvalue weighted by Gasteiger charge is -2.30. The molecule has 1 fully saturated rings. The maximum Gasteiger partial charge on any atom is 0.319 e. The Morgan fingerprint density at radius 1 is 1.21 bits per heavy atom. The number of benzene rings is 1. The molecule has 2 aromatic heterocycles. The summed E-state index contributed by atoms with van der Waals surface area (Å²) >= 11 is 1.59. The summed E-state index contributed by atoms with van der Waals surface area (Å²) in [5.74, 6) is 0.213. The third kappa shape index (κ3) is 4.60. The normalized spacial score (nSPS) is 15.3. The van der Waals surface area contributed by atoms with Crippen LogP contribution in [0.3, 0.4) is 0 Å². The van der Waals surface area contributed by atoms with E-state index in [1.807, 2.05) is 28.7 Å². The lowest BCUT2D eigenvalue weighted by atomic mass is 9.96. The number of aromatic nitrogens is 2. The van der Waals surface area contributed by atoms with E-state index in [1.54, 1.807) is 17.5 Å². The number of pyridine rings is 1. The van der Waals surface area contributed by atoms with Crippen LogP contribution >= 0.6 is 11.3 Å². The van der Waals surface area contributed by atoms with Crippen molar-refractivity contribution in [1.29, 1.82) is 0 Å². The topological polar surface area (TPSA) is 84.4 Å². The Bertz CT molecular complexity index is 1010. The first kappa shape index (κ1) is 19.5. The smallest absolute Gasteiger partial charge is 0.319 e. The molecule has 0 unspecified atom stereocenters. The van der Waals surface area contributed by atoms with Crippen LogP contribution in [0.4, 0.5) is 5.82 Å². The van der Waals surface area contributed by atoms with E-state index >= 15 is 0 Å². The number of amides is 1. The molecule has 1 aliphatic heterocycles. The zero-order chi connectivity index (χ0) is 20.2. The van der Waals surface area contributed by atoms with Crippen molar-refractivity contribution in [3.8, 4) is 10.4 Å². The number of ether oxygens (including phenoxy) is 1. The number of hydrogen-bond donors (Lipinski definition) is 1. The van der Waals surface area contributed by atoms with Gasteiger partial charge in [-0.25, -0.2) is 4.98 Å². The van der Waals surface area contributed by atoms with Gasteiger partial charge in [0.2, 0.25) is 5.91 Å². The number of carbonyl (C=O) groups excluding carboxylic acids is 2. The Balaban J connectivity index is 1.41. The van der Waals surface area contributed by atoms with Crippen molar-refractivity contribution >= 4 is 39.8 Å². The summed E-state index contributed by atoms with van der Waals surface area (Å²) in [7, 11) is 1.39. The number of nitrogens with one attached hydrogen (secondary N) is 1. The van der Waals surface area contributed by atoms with E-state index in [1.165, 1.54) is 7.11 Å². The molecule has 0 radical (unpaired) electrons. The molecule has 0 bridgehead atoms. The number of nitrogens with zero attached hydrogens (tertiary/aromatic N) is 3. The summed E-state index contributed by atoms with van der Waals surface area (Å²) in [4.78, 5) is 35.7. The number of rotatable bonds is 5. The second-order valence-electron chi connectivity index (χ2n) is 7.11. The molecule has 3 aromatic rings. The number of fused-ring (bicyclic) bond motifs is 1. The molecule has 0 atom stereocenters. The molecule has 1 N–H and O–H groups in total. The van der Waals surface area contributed by atoms with E-state index in [-0.39, 0.29) is 24.3 Å². The Morgan fingerprint density at radius 2 is 2.03 bits per heavy atom. The van der Waals surface area contributed by atoms with Crippen molar-refractivity contribution in [3.63, 3.8) is 0 Å². The number of likely N-dealkylation sites (tertiary alicyclic amines) is 1. The minimum atomic E-state index is -0.244. The van der Waals surface area contributed by atoms with Crippen molar-refractivity contribution in [2.24, 2.45) is 5.92 Å². The minimum Gasteiger partial charge on any atom is -0.468 e. The number of anilines is 1. The summed E-state index contributed by atoms with van der Waals surface area (Å²) in [6, 6.07) is 8.08. The van der Waals surface area contributed by atoms with Crippen LogP contribution in [0, 0.1) is 5.92 Å². The largest absolute Gasteiger partial charge is 0.468 e. The Morgan fingerprint density at radius 3 is 2.76 bits per heavy atom. The van der Waals surface area contributed by atoms with Gasteiger partial charge in [0.1, 0.15) is 5.82 Å². The molecular formula is C21H22N4O3S. The highest BCUT2D eigenvalue weighted by atomic mass is 32.1. The molecule has 1 amide bonds. The predicted molar refractivity (Wildman–Crippen MR) is 113 cm³/mol. The van der Waals surface area contributed by atoms with Crippen molar-refractivity contribution in [3.05, 3.63) is 42.2 Å². The molecule has 4 rings (SSSR count). The number of thiazole rings is 1. The van der Waals surface area contributed by atoms with Gasteiger partial charge in [0.15, 0.2) is 0 Å². The quantitative estimate of drug-likeness (QED) is 0.651. The summed E-state index contributed by atoms with van der Waals surface area (Å²) in [5.41, 5.74) is 2.91. The average molecular weight is 410 g/mol. The Kier molecular flexibility index (Phi) is 5.82. The summed E-state index contributed by atoms with van der Waals surface area (Å²) in [6.45, 7) is 1.69. The molecule has 0 aliphatic carbocycles. The minimum absolute atomic E-state index is 0.0202. The molecule has 1 aliphatic rings. The van der Waals surface area contributed by atoms with Gasteiger partial charge in [-0.15, -0.1) is 11.3 Å². The summed E-state index contributed by atoms with van der Waals surface area (Å²) in [5, 5.41) is 5.00. The highest BCUT2D eigenvalue weighted by molar-refractivity contribution is 7.13. The van der Waals surface area contributed by atoms with Gasteiger partial charge in [0.25, 0.3) is 0 Å². The van der Waals surface area contributed by atoms with Crippen LogP contribution < -0.4 is 5.32 Å². The number of methoxy groups -OCH3 is 1. The third-order valence-electron chi connectivity index (χ3n) is 5.23. The molecule has 0 spiro atoms. The summed E-state index contributed by atoms with van der Waals surface area (Å²) in [6.07, 6.45) is 5.06. The first-order valence-corrected chi connectivity index (χ1v) is 10.4. The zero-order valence-electron chi connectivity index (χ0n) is 16.1. The molecule has 7 nitrogen and oxygen atoms in total. The lowest BCUT2D eigenvalue weighted by Crippen LogP contribution is -2.40. The molecule has 3 heterocycles. The van der Waals surface area contributed by atoms with E-state index in [2.05, 4.69) is 27.4 Å². The third-order valence-corrected chi connectivity index (χ3v) is 6.05. The van der Waals surface area contributed by atoms with E-state index in [0.717, 1.165) is 21.2 Å². The second-order valence-corrected chi connectivity index (χ2v) is 8.00. The van der Waals surface area contributed by atoms with Crippen molar-refractivity contribution in [2.45, 2.75) is 12.8 Å². The fraction of sp³-hybridized carbons (Fsp3) is 0.333. The van der Waals surface area contributed by atoms with Gasteiger partial charge in [-0.1, -0.05) is 12.1 Å². The van der Waals surface area contributed by atoms with Crippen molar-refractivity contribution < 1.29 is 14.3 Å². The molecule has 150 valence electrons.